The number of nitrogens with one attached hydrogen (secondary N) is 2. The van der Waals surface area contributed by atoms with E-state index in [0.717, 1.165) is 0 Å². The molecule has 86 valence electrons. The average Bonchev–Trinajstić information content (AvgIpc) is 2.32. The first kappa shape index (κ1) is 12.7. The van der Waals surface area contributed by atoms with Crippen molar-refractivity contribution in [3.8, 4) is 0 Å². The molecule has 15 heavy (non-hydrogen) atoms. The summed E-state index contributed by atoms with van der Waals surface area (Å²) in [5, 5.41) is 10.4. The van der Waals surface area contributed by atoms with Gasteiger partial charge in [0.15, 0.2) is 0 Å². The Balaban J connectivity index is 2.72. The zero-order valence-corrected chi connectivity index (χ0v) is 10.3. The lowest BCUT2D eigenvalue weighted by molar-refractivity contribution is 0.00578. The van der Waals surface area contributed by atoms with Gasteiger partial charge in [-0.05, 0) is 41.0 Å². The number of rotatable bonds is 4. The van der Waals surface area contributed by atoms with Crippen LogP contribution in [-0.4, -0.2) is 38.1 Å². The Morgan fingerprint density at radius 1 is 1.27 bits per heavy atom. The molecule has 1 saturated heterocycles. The molecule has 5 heteroatoms. The summed E-state index contributed by atoms with van der Waals surface area (Å²) in [6, 6.07) is 0. The van der Waals surface area contributed by atoms with Crippen molar-refractivity contribution in [2.45, 2.75) is 44.7 Å². The summed E-state index contributed by atoms with van der Waals surface area (Å²) >= 11 is 0. The molecule has 0 radical (unpaired) electrons. The average molecular weight is 212 g/mol. The molecular weight excluding hydrogens is 191 g/mol. The van der Waals surface area contributed by atoms with Gasteiger partial charge in [0.1, 0.15) is 0 Å². The highest BCUT2D eigenvalue weighted by atomic mass is 16.7. The maximum absolute atomic E-state index is 7.36. The predicted octanol–water partition coefficient (Wildman–Crippen LogP) is 1.32. The van der Waals surface area contributed by atoms with E-state index < -0.39 is 0 Å². The van der Waals surface area contributed by atoms with Crippen LogP contribution in [0.4, 0.5) is 0 Å². The summed E-state index contributed by atoms with van der Waals surface area (Å²) in [7, 11) is 1.54. The molecule has 1 rings (SSSR count). The SMILES string of the molecule is CNCC(C=N)B1OC(C)(C)C(C)(C)O1. The monoisotopic (exact) mass is 212 g/mol. The summed E-state index contributed by atoms with van der Waals surface area (Å²) in [5.74, 6) is -0.0314. The van der Waals surface area contributed by atoms with Crippen LogP contribution in [0.5, 0.6) is 0 Å². The molecule has 0 spiro atoms. The summed E-state index contributed by atoms with van der Waals surface area (Å²) in [5.41, 5.74) is -0.626. The van der Waals surface area contributed by atoms with Crippen molar-refractivity contribution >= 4 is 13.3 Å². The second-order valence-electron chi connectivity index (χ2n) is 5.01. The van der Waals surface area contributed by atoms with Crippen molar-refractivity contribution in [2.24, 2.45) is 0 Å². The van der Waals surface area contributed by atoms with Gasteiger partial charge in [-0.15, -0.1) is 0 Å². The van der Waals surface area contributed by atoms with Crippen LogP contribution in [0.15, 0.2) is 0 Å². The molecule has 4 nitrogen and oxygen atoms in total. The molecule has 0 bridgehead atoms. The lowest BCUT2D eigenvalue weighted by Gasteiger charge is -2.32. The summed E-state index contributed by atoms with van der Waals surface area (Å²) in [4.78, 5) is 0. The van der Waals surface area contributed by atoms with Gasteiger partial charge in [-0.3, -0.25) is 0 Å². The van der Waals surface area contributed by atoms with E-state index in [9.17, 15) is 0 Å². The minimum atomic E-state index is -0.319. The van der Waals surface area contributed by atoms with Crippen LogP contribution in [0.3, 0.4) is 0 Å². The zero-order chi connectivity index (χ0) is 11.7. The van der Waals surface area contributed by atoms with Crippen molar-refractivity contribution in [2.75, 3.05) is 13.6 Å². The third kappa shape index (κ3) is 2.41. The first-order valence-electron chi connectivity index (χ1n) is 5.35. The molecule has 1 unspecified atom stereocenters. The molecule has 1 fully saturated rings. The minimum Gasteiger partial charge on any atom is -0.403 e. The van der Waals surface area contributed by atoms with Crippen LogP contribution < -0.4 is 5.32 Å². The molecule has 0 aromatic rings. The van der Waals surface area contributed by atoms with Crippen LogP contribution in [0.2, 0.25) is 5.82 Å². The fraction of sp³-hybridized carbons (Fsp3) is 0.900. The Bertz CT molecular complexity index is 228. The highest BCUT2D eigenvalue weighted by Gasteiger charge is 2.53. The standard InChI is InChI=1S/C10H21BN2O2/c1-9(2)10(3,4)15-11(14-9)8(6-12)7-13-5/h6,8,12-13H,7H2,1-5H3. The number of hydrogen-bond donors (Lipinski definition) is 2. The Morgan fingerprint density at radius 2 is 1.73 bits per heavy atom. The third-order valence-electron chi connectivity index (χ3n) is 3.27. The molecule has 1 aliphatic rings. The fourth-order valence-electron chi connectivity index (χ4n) is 1.53. The predicted molar refractivity (Wildman–Crippen MR) is 62.5 cm³/mol. The third-order valence-corrected chi connectivity index (χ3v) is 3.27. The van der Waals surface area contributed by atoms with Crippen LogP contribution in [0, 0.1) is 5.41 Å². The zero-order valence-electron chi connectivity index (χ0n) is 10.3. The summed E-state index contributed by atoms with van der Waals surface area (Å²) in [6.45, 7) is 8.78. The van der Waals surface area contributed by atoms with Crippen molar-refractivity contribution in [1.82, 2.24) is 5.32 Å². The first-order chi connectivity index (χ1) is 6.84. The smallest absolute Gasteiger partial charge is 0.403 e. The second-order valence-corrected chi connectivity index (χ2v) is 5.01. The van der Waals surface area contributed by atoms with Crippen molar-refractivity contribution < 1.29 is 9.31 Å². The van der Waals surface area contributed by atoms with E-state index >= 15 is 0 Å². The van der Waals surface area contributed by atoms with E-state index in [2.05, 4.69) is 5.32 Å². The lowest BCUT2D eigenvalue weighted by Crippen LogP contribution is -2.41. The van der Waals surface area contributed by atoms with Gasteiger partial charge in [-0.2, -0.15) is 0 Å². The van der Waals surface area contributed by atoms with Gasteiger partial charge in [0, 0.05) is 12.4 Å². The largest absolute Gasteiger partial charge is 0.468 e. The molecular formula is C10H21BN2O2. The van der Waals surface area contributed by atoms with Gasteiger partial charge in [0.25, 0.3) is 0 Å². The van der Waals surface area contributed by atoms with E-state index in [1.807, 2.05) is 34.7 Å². The van der Waals surface area contributed by atoms with E-state index in [1.54, 1.807) is 0 Å². The van der Waals surface area contributed by atoms with Crippen LogP contribution in [-0.2, 0) is 9.31 Å². The van der Waals surface area contributed by atoms with Crippen LogP contribution in [0.1, 0.15) is 27.7 Å². The van der Waals surface area contributed by atoms with Gasteiger partial charge in [0.05, 0.1) is 11.2 Å². The molecule has 1 atom stereocenters. The van der Waals surface area contributed by atoms with E-state index in [-0.39, 0.29) is 24.1 Å². The van der Waals surface area contributed by atoms with Crippen molar-refractivity contribution in [3.05, 3.63) is 0 Å². The van der Waals surface area contributed by atoms with E-state index in [1.165, 1.54) is 6.21 Å². The highest BCUT2D eigenvalue weighted by Crippen LogP contribution is 2.39. The second kappa shape index (κ2) is 4.24. The molecule has 1 aliphatic heterocycles. The maximum Gasteiger partial charge on any atom is 0.468 e. The lowest BCUT2D eigenvalue weighted by atomic mass is 9.72. The first-order valence-corrected chi connectivity index (χ1v) is 5.35. The quantitative estimate of drug-likeness (QED) is 0.545. The molecule has 0 saturated carbocycles. The van der Waals surface area contributed by atoms with Gasteiger partial charge in [-0.1, -0.05) is 0 Å². The topological polar surface area (TPSA) is 54.3 Å². The Labute approximate surface area is 92.4 Å². The van der Waals surface area contributed by atoms with Crippen LogP contribution >= 0.6 is 0 Å². The Hall–Kier alpha value is -0.385. The van der Waals surface area contributed by atoms with Gasteiger partial charge in [-0.25, -0.2) is 0 Å². The van der Waals surface area contributed by atoms with E-state index in [0.29, 0.717) is 6.54 Å². The normalized spacial score (nSPS) is 25.3. The molecule has 1 heterocycles. The Kier molecular flexibility index (Phi) is 3.58. The maximum atomic E-state index is 7.36. The van der Waals surface area contributed by atoms with Gasteiger partial charge >= 0.3 is 7.12 Å². The minimum absolute atomic E-state index is 0.0314. The van der Waals surface area contributed by atoms with Gasteiger partial charge < -0.3 is 20.0 Å². The Morgan fingerprint density at radius 3 is 2.07 bits per heavy atom. The molecule has 0 aromatic carbocycles. The summed E-state index contributed by atoms with van der Waals surface area (Å²) in [6.07, 6.45) is 1.39. The molecule has 0 aromatic heterocycles. The number of hydrogen-bond acceptors (Lipinski definition) is 4. The molecule has 2 N–H and O–H groups in total. The molecule has 0 aliphatic carbocycles. The van der Waals surface area contributed by atoms with Crippen molar-refractivity contribution in [1.29, 1.82) is 5.41 Å². The summed E-state index contributed by atoms with van der Waals surface area (Å²) < 4.78 is 11.7. The van der Waals surface area contributed by atoms with Gasteiger partial charge in [0.2, 0.25) is 0 Å². The van der Waals surface area contributed by atoms with Crippen molar-refractivity contribution in [3.63, 3.8) is 0 Å². The fourth-order valence-corrected chi connectivity index (χ4v) is 1.53. The van der Waals surface area contributed by atoms with E-state index in [4.69, 9.17) is 14.7 Å². The molecule has 0 amide bonds. The van der Waals surface area contributed by atoms with Crippen LogP contribution in [0.25, 0.3) is 0 Å². The highest BCUT2D eigenvalue weighted by molar-refractivity contribution is 6.51.